The Hall–Kier alpha value is -1.56. The molecule has 0 radical (unpaired) electrons. The molecular weight excluding hydrogens is 232 g/mol. The van der Waals surface area contributed by atoms with Crippen molar-refractivity contribution in [2.24, 2.45) is 0 Å². The zero-order valence-corrected chi connectivity index (χ0v) is 10.9. The number of β-amino-alcohol motifs (C(OH)–C–C–N with tert-alkyl or cyclic N) is 1. The van der Waals surface area contributed by atoms with E-state index in [0.29, 0.717) is 18.1 Å². The molecule has 2 rings (SSSR count). The van der Waals surface area contributed by atoms with Crippen LogP contribution in [0.1, 0.15) is 19.8 Å². The van der Waals surface area contributed by atoms with E-state index in [9.17, 15) is 5.11 Å². The highest BCUT2D eigenvalue weighted by Crippen LogP contribution is 2.33. The molecule has 1 unspecified atom stereocenters. The van der Waals surface area contributed by atoms with Gasteiger partial charge in [0.2, 0.25) is 5.75 Å². The lowest BCUT2D eigenvalue weighted by molar-refractivity contribution is 0.198. The lowest BCUT2D eigenvalue weighted by Crippen LogP contribution is -2.23. The first-order chi connectivity index (χ1) is 8.76. The summed E-state index contributed by atoms with van der Waals surface area (Å²) in [5.41, 5.74) is 0. The molecule has 1 aromatic rings. The Morgan fingerprint density at radius 2 is 2.39 bits per heavy atom. The van der Waals surface area contributed by atoms with Gasteiger partial charge in [0.25, 0.3) is 0 Å². The highest BCUT2D eigenvalue weighted by Gasteiger charge is 2.25. The zero-order chi connectivity index (χ0) is 13.0. The molecule has 0 bridgehead atoms. The van der Waals surface area contributed by atoms with Gasteiger partial charge < -0.3 is 20.1 Å². The van der Waals surface area contributed by atoms with E-state index < -0.39 is 0 Å². The lowest BCUT2D eigenvalue weighted by Gasteiger charge is -2.20. The topological polar surface area (TPSA) is 70.5 Å². The monoisotopic (exact) mass is 252 g/mol. The van der Waals surface area contributed by atoms with Crippen LogP contribution in [0.5, 0.6) is 5.75 Å². The normalized spacial score (nSPS) is 19.1. The molecule has 2 N–H and O–H groups in total. The summed E-state index contributed by atoms with van der Waals surface area (Å²) < 4.78 is 5.41. The largest absolute Gasteiger partial charge is 0.490 e. The van der Waals surface area contributed by atoms with Gasteiger partial charge >= 0.3 is 0 Å². The number of hydrogen-bond donors (Lipinski definition) is 2. The summed E-state index contributed by atoms with van der Waals surface area (Å²) in [4.78, 5) is 10.5. The third-order valence-corrected chi connectivity index (χ3v) is 2.99. The van der Waals surface area contributed by atoms with E-state index in [4.69, 9.17) is 4.74 Å². The Balaban J connectivity index is 2.23. The predicted octanol–water partition coefficient (Wildman–Crippen LogP) is 0.878. The Morgan fingerprint density at radius 1 is 1.56 bits per heavy atom. The van der Waals surface area contributed by atoms with Crippen LogP contribution in [0, 0.1) is 0 Å². The number of aliphatic hydroxyl groups excluding tert-OH is 1. The molecule has 1 aliphatic heterocycles. The summed E-state index contributed by atoms with van der Waals surface area (Å²) in [5, 5.41) is 12.8. The van der Waals surface area contributed by atoms with E-state index in [-0.39, 0.29) is 6.10 Å². The fourth-order valence-corrected chi connectivity index (χ4v) is 2.08. The fraction of sp³-hybridized carbons (Fsp3) is 0.667. The highest BCUT2D eigenvalue weighted by atomic mass is 16.5. The summed E-state index contributed by atoms with van der Waals surface area (Å²) in [6, 6.07) is 0. The zero-order valence-electron chi connectivity index (χ0n) is 10.9. The number of aromatic nitrogens is 2. The third-order valence-electron chi connectivity index (χ3n) is 2.99. The number of anilines is 2. The second-order valence-corrected chi connectivity index (χ2v) is 4.39. The fourth-order valence-electron chi connectivity index (χ4n) is 2.08. The molecule has 1 fully saturated rings. The van der Waals surface area contributed by atoms with Crippen molar-refractivity contribution < 1.29 is 9.84 Å². The first-order valence-corrected chi connectivity index (χ1v) is 6.32. The number of rotatable bonds is 5. The van der Waals surface area contributed by atoms with E-state index in [1.54, 1.807) is 7.11 Å². The van der Waals surface area contributed by atoms with Crippen LogP contribution in [0.15, 0.2) is 6.33 Å². The lowest BCUT2D eigenvalue weighted by atomic mass is 10.3. The number of aliphatic hydroxyl groups is 1. The SMILES string of the molecule is CCCNc1ncnc(N2CCC(O)C2)c1OC. The van der Waals surface area contributed by atoms with Crippen LogP contribution < -0.4 is 15.0 Å². The van der Waals surface area contributed by atoms with Crippen LogP contribution in [0.3, 0.4) is 0 Å². The van der Waals surface area contributed by atoms with Crippen LogP contribution in [-0.2, 0) is 0 Å². The van der Waals surface area contributed by atoms with Crippen LogP contribution >= 0.6 is 0 Å². The van der Waals surface area contributed by atoms with Crippen molar-refractivity contribution in [2.75, 3.05) is 37.0 Å². The molecule has 100 valence electrons. The van der Waals surface area contributed by atoms with Gasteiger partial charge in [0, 0.05) is 19.6 Å². The van der Waals surface area contributed by atoms with Crippen molar-refractivity contribution in [1.29, 1.82) is 0 Å². The van der Waals surface area contributed by atoms with Gasteiger partial charge in [0.05, 0.1) is 13.2 Å². The Morgan fingerprint density at radius 3 is 3.00 bits per heavy atom. The Labute approximate surface area is 107 Å². The summed E-state index contributed by atoms with van der Waals surface area (Å²) in [7, 11) is 1.62. The van der Waals surface area contributed by atoms with E-state index in [1.807, 2.05) is 4.90 Å². The second-order valence-electron chi connectivity index (χ2n) is 4.39. The molecule has 0 amide bonds. The number of hydrogen-bond acceptors (Lipinski definition) is 6. The van der Waals surface area contributed by atoms with Crippen molar-refractivity contribution in [3.63, 3.8) is 0 Å². The number of ether oxygens (including phenoxy) is 1. The molecule has 6 nitrogen and oxygen atoms in total. The van der Waals surface area contributed by atoms with Gasteiger partial charge in [-0.2, -0.15) is 0 Å². The van der Waals surface area contributed by atoms with Gasteiger partial charge in [-0.15, -0.1) is 0 Å². The highest BCUT2D eigenvalue weighted by molar-refractivity contribution is 5.65. The quantitative estimate of drug-likeness (QED) is 0.810. The summed E-state index contributed by atoms with van der Waals surface area (Å²) >= 11 is 0. The summed E-state index contributed by atoms with van der Waals surface area (Å²) in [6.07, 6.45) is 3.04. The maximum absolute atomic E-state index is 9.59. The molecule has 2 heterocycles. The van der Waals surface area contributed by atoms with E-state index in [0.717, 1.165) is 31.7 Å². The minimum absolute atomic E-state index is 0.281. The number of nitrogens with one attached hydrogen (secondary N) is 1. The van der Waals surface area contributed by atoms with Gasteiger partial charge in [0.1, 0.15) is 6.33 Å². The van der Waals surface area contributed by atoms with Crippen LogP contribution in [-0.4, -0.2) is 47.9 Å². The van der Waals surface area contributed by atoms with Gasteiger partial charge in [-0.25, -0.2) is 9.97 Å². The smallest absolute Gasteiger partial charge is 0.204 e. The van der Waals surface area contributed by atoms with Gasteiger partial charge in [0.15, 0.2) is 11.6 Å². The van der Waals surface area contributed by atoms with Gasteiger partial charge in [-0.3, -0.25) is 0 Å². The van der Waals surface area contributed by atoms with E-state index >= 15 is 0 Å². The summed E-state index contributed by atoms with van der Waals surface area (Å²) in [6.45, 7) is 4.33. The minimum Gasteiger partial charge on any atom is -0.490 e. The molecule has 6 heteroatoms. The molecule has 0 aromatic carbocycles. The maximum atomic E-state index is 9.59. The van der Waals surface area contributed by atoms with Crippen molar-refractivity contribution in [1.82, 2.24) is 9.97 Å². The molecule has 0 saturated carbocycles. The number of nitrogens with zero attached hydrogens (tertiary/aromatic N) is 3. The van der Waals surface area contributed by atoms with Gasteiger partial charge in [-0.1, -0.05) is 6.92 Å². The first-order valence-electron chi connectivity index (χ1n) is 6.32. The van der Waals surface area contributed by atoms with E-state index in [1.165, 1.54) is 6.33 Å². The molecule has 18 heavy (non-hydrogen) atoms. The van der Waals surface area contributed by atoms with Crippen LogP contribution in [0.4, 0.5) is 11.6 Å². The maximum Gasteiger partial charge on any atom is 0.204 e. The molecular formula is C12H20N4O2. The molecule has 1 aliphatic rings. The van der Waals surface area contributed by atoms with Crippen LogP contribution in [0.2, 0.25) is 0 Å². The van der Waals surface area contributed by atoms with E-state index in [2.05, 4.69) is 22.2 Å². The predicted molar refractivity (Wildman–Crippen MR) is 70.2 cm³/mol. The standard InChI is InChI=1S/C12H20N4O2/c1-3-5-13-11-10(18-2)12(15-8-14-11)16-6-4-9(17)7-16/h8-9,17H,3-7H2,1-2H3,(H,13,14,15). The minimum atomic E-state index is -0.281. The molecule has 1 atom stereocenters. The molecule has 1 saturated heterocycles. The van der Waals surface area contributed by atoms with Crippen molar-refractivity contribution in [3.8, 4) is 5.75 Å². The molecule has 0 aliphatic carbocycles. The summed E-state index contributed by atoms with van der Waals surface area (Å²) in [5.74, 6) is 2.12. The average molecular weight is 252 g/mol. The van der Waals surface area contributed by atoms with Crippen molar-refractivity contribution in [2.45, 2.75) is 25.9 Å². The number of methoxy groups -OCH3 is 1. The Bertz CT molecular complexity index is 400. The van der Waals surface area contributed by atoms with Crippen molar-refractivity contribution >= 4 is 11.6 Å². The second kappa shape index (κ2) is 5.86. The third kappa shape index (κ3) is 2.64. The Kier molecular flexibility index (Phi) is 4.19. The first kappa shape index (κ1) is 12.9. The molecule has 0 spiro atoms. The van der Waals surface area contributed by atoms with Crippen molar-refractivity contribution in [3.05, 3.63) is 6.33 Å². The molecule has 1 aromatic heterocycles. The van der Waals surface area contributed by atoms with Gasteiger partial charge in [-0.05, 0) is 12.8 Å². The van der Waals surface area contributed by atoms with Crippen LogP contribution in [0.25, 0.3) is 0 Å². The average Bonchev–Trinajstić information content (AvgIpc) is 2.82.